The molecule has 0 radical (unpaired) electrons. The Labute approximate surface area is 137 Å². The largest absolute Gasteiger partial charge is 0.493 e. The van der Waals surface area contributed by atoms with Gasteiger partial charge in [0.2, 0.25) is 0 Å². The Bertz CT molecular complexity index is 535. The third-order valence-corrected chi connectivity index (χ3v) is 4.20. The van der Waals surface area contributed by atoms with E-state index in [-0.39, 0.29) is 12.0 Å². The first-order valence-corrected chi connectivity index (χ1v) is 7.81. The molecule has 0 bridgehead atoms. The molecular formula is C17H26N2O4. The van der Waals surface area contributed by atoms with E-state index in [1.54, 1.807) is 14.2 Å². The molecule has 0 amide bonds. The summed E-state index contributed by atoms with van der Waals surface area (Å²) >= 11 is 0. The zero-order valence-corrected chi connectivity index (χ0v) is 14.1. The molecule has 6 nitrogen and oxygen atoms in total. The molecule has 6 heteroatoms. The van der Waals surface area contributed by atoms with Crippen molar-refractivity contribution in [2.75, 3.05) is 41.0 Å². The Morgan fingerprint density at radius 3 is 2.61 bits per heavy atom. The number of nitrogens with zero attached hydrogens (tertiary/aromatic N) is 1. The van der Waals surface area contributed by atoms with Crippen LogP contribution in [-0.2, 0) is 16.0 Å². The summed E-state index contributed by atoms with van der Waals surface area (Å²) in [6.45, 7) is 1.88. The molecule has 128 valence electrons. The second kappa shape index (κ2) is 8.17. The Morgan fingerprint density at radius 1 is 1.22 bits per heavy atom. The highest BCUT2D eigenvalue weighted by atomic mass is 16.5. The molecule has 23 heavy (non-hydrogen) atoms. The molecule has 1 aliphatic heterocycles. The van der Waals surface area contributed by atoms with E-state index in [4.69, 9.17) is 19.9 Å². The molecule has 1 heterocycles. The molecule has 2 rings (SSSR count). The van der Waals surface area contributed by atoms with E-state index in [2.05, 4.69) is 4.90 Å². The fraction of sp³-hybridized carbons (Fsp3) is 0.588. The van der Waals surface area contributed by atoms with E-state index in [9.17, 15) is 4.79 Å². The van der Waals surface area contributed by atoms with Gasteiger partial charge in [0.1, 0.15) is 0 Å². The van der Waals surface area contributed by atoms with Crippen molar-refractivity contribution in [3.8, 4) is 11.5 Å². The quantitative estimate of drug-likeness (QED) is 0.790. The van der Waals surface area contributed by atoms with Crippen molar-refractivity contribution in [1.82, 2.24) is 4.90 Å². The van der Waals surface area contributed by atoms with E-state index in [0.29, 0.717) is 12.5 Å². The van der Waals surface area contributed by atoms with Crippen molar-refractivity contribution in [2.45, 2.75) is 18.9 Å². The van der Waals surface area contributed by atoms with Gasteiger partial charge in [-0.2, -0.15) is 0 Å². The van der Waals surface area contributed by atoms with Crippen LogP contribution < -0.4 is 15.2 Å². The monoisotopic (exact) mass is 322 g/mol. The summed E-state index contributed by atoms with van der Waals surface area (Å²) in [6.07, 6.45) is 1.84. The minimum atomic E-state index is -0.219. The topological polar surface area (TPSA) is 74.0 Å². The minimum absolute atomic E-state index is 0.0820. The van der Waals surface area contributed by atoms with E-state index in [0.717, 1.165) is 37.4 Å². The van der Waals surface area contributed by atoms with E-state index < -0.39 is 0 Å². The first-order chi connectivity index (χ1) is 11.0. The number of hydrogen-bond donors (Lipinski definition) is 1. The second-order valence-electron chi connectivity index (χ2n) is 6.03. The van der Waals surface area contributed by atoms with Crippen LogP contribution in [0.15, 0.2) is 18.2 Å². The number of carbonyl (C=O) groups excluding carboxylic acids is 1. The standard InChI is InChI=1S/C17H26N2O4/c1-21-15-5-4-12(8-16(15)22-2)6-13-7-14(18)10-19(9-13)11-17(20)23-3/h4-5,8,13-14H,6-7,9-11,18H2,1-3H3. The van der Waals surface area contributed by atoms with Crippen LogP contribution in [-0.4, -0.2) is 57.9 Å². The van der Waals surface area contributed by atoms with Gasteiger partial charge in [-0.1, -0.05) is 6.07 Å². The highest BCUT2D eigenvalue weighted by Gasteiger charge is 2.26. The number of piperidine rings is 1. The Morgan fingerprint density at radius 2 is 1.96 bits per heavy atom. The van der Waals surface area contributed by atoms with Crippen LogP contribution in [0.4, 0.5) is 0 Å². The lowest BCUT2D eigenvalue weighted by atomic mass is 9.89. The fourth-order valence-corrected chi connectivity index (χ4v) is 3.21. The fourth-order valence-electron chi connectivity index (χ4n) is 3.21. The van der Waals surface area contributed by atoms with Gasteiger partial charge >= 0.3 is 5.97 Å². The van der Waals surface area contributed by atoms with Crippen LogP contribution in [0.1, 0.15) is 12.0 Å². The number of hydrogen-bond acceptors (Lipinski definition) is 6. The summed E-state index contributed by atoms with van der Waals surface area (Å²) in [4.78, 5) is 13.5. The number of esters is 1. The van der Waals surface area contributed by atoms with Crippen molar-refractivity contribution < 1.29 is 19.0 Å². The highest BCUT2D eigenvalue weighted by Crippen LogP contribution is 2.29. The summed E-state index contributed by atoms with van der Waals surface area (Å²) in [7, 11) is 4.67. The molecule has 2 N–H and O–H groups in total. The molecule has 1 fully saturated rings. The molecule has 2 unspecified atom stereocenters. The third-order valence-electron chi connectivity index (χ3n) is 4.20. The van der Waals surface area contributed by atoms with Gasteiger partial charge in [-0.15, -0.1) is 0 Å². The molecule has 1 aromatic carbocycles. The normalized spacial score (nSPS) is 21.7. The number of likely N-dealkylation sites (tertiary alicyclic amines) is 1. The predicted molar refractivity (Wildman–Crippen MR) is 87.8 cm³/mol. The zero-order chi connectivity index (χ0) is 16.8. The Balaban J connectivity index is 2.02. The van der Waals surface area contributed by atoms with Gasteiger partial charge in [-0.3, -0.25) is 9.69 Å². The van der Waals surface area contributed by atoms with Gasteiger partial charge in [0.05, 0.1) is 27.9 Å². The summed E-state index contributed by atoms with van der Waals surface area (Å²) in [5.41, 5.74) is 7.33. The number of nitrogens with two attached hydrogens (primary N) is 1. The van der Waals surface area contributed by atoms with Crippen LogP contribution in [0.5, 0.6) is 11.5 Å². The van der Waals surface area contributed by atoms with Gasteiger partial charge < -0.3 is 19.9 Å². The minimum Gasteiger partial charge on any atom is -0.493 e. The average molecular weight is 322 g/mol. The maximum absolute atomic E-state index is 11.5. The molecule has 1 saturated heterocycles. The average Bonchev–Trinajstić information content (AvgIpc) is 2.54. The van der Waals surface area contributed by atoms with Gasteiger partial charge in [0.15, 0.2) is 11.5 Å². The SMILES string of the molecule is COC(=O)CN1CC(N)CC(Cc2ccc(OC)c(OC)c2)C1. The maximum atomic E-state index is 11.5. The van der Waals surface area contributed by atoms with Crippen LogP contribution in [0, 0.1) is 5.92 Å². The molecular weight excluding hydrogens is 296 g/mol. The zero-order valence-electron chi connectivity index (χ0n) is 14.1. The van der Waals surface area contributed by atoms with E-state index >= 15 is 0 Å². The van der Waals surface area contributed by atoms with E-state index in [1.807, 2.05) is 18.2 Å². The molecule has 1 aromatic rings. The van der Waals surface area contributed by atoms with Crippen LogP contribution in [0.25, 0.3) is 0 Å². The molecule has 0 saturated carbocycles. The first-order valence-electron chi connectivity index (χ1n) is 7.81. The van der Waals surface area contributed by atoms with Crippen molar-refractivity contribution in [3.63, 3.8) is 0 Å². The van der Waals surface area contributed by atoms with E-state index in [1.165, 1.54) is 12.7 Å². The lowest BCUT2D eigenvalue weighted by Gasteiger charge is -2.35. The Hall–Kier alpha value is -1.79. The van der Waals surface area contributed by atoms with Crippen molar-refractivity contribution in [3.05, 3.63) is 23.8 Å². The maximum Gasteiger partial charge on any atom is 0.319 e. The van der Waals surface area contributed by atoms with Crippen molar-refractivity contribution in [1.29, 1.82) is 0 Å². The Kier molecular flexibility index (Phi) is 6.24. The third kappa shape index (κ3) is 4.84. The van der Waals surface area contributed by atoms with Gasteiger partial charge in [-0.25, -0.2) is 0 Å². The smallest absolute Gasteiger partial charge is 0.319 e. The summed E-state index contributed by atoms with van der Waals surface area (Å²) < 4.78 is 15.4. The predicted octanol–water partition coefficient (Wildman–Crippen LogP) is 1.07. The van der Waals surface area contributed by atoms with Crippen molar-refractivity contribution in [2.24, 2.45) is 11.7 Å². The van der Waals surface area contributed by atoms with Gasteiger partial charge in [-0.05, 0) is 36.5 Å². The molecule has 2 atom stereocenters. The van der Waals surface area contributed by atoms with Crippen LogP contribution in [0.3, 0.4) is 0 Å². The molecule has 0 aliphatic carbocycles. The lowest BCUT2D eigenvalue weighted by Crippen LogP contribution is -2.49. The lowest BCUT2D eigenvalue weighted by molar-refractivity contribution is -0.142. The van der Waals surface area contributed by atoms with Crippen LogP contribution >= 0.6 is 0 Å². The number of carbonyl (C=O) groups is 1. The summed E-state index contributed by atoms with van der Waals surface area (Å²) in [5, 5.41) is 0. The summed E-state index contributed by atoms with van der Waals surface area (Å²) in [5.74, 6) is 1.64. The number of benzene rings is 1. The molecule has 0 aromatic heterocycles. The molecule has 1 aliphatic rings. The van der Waals surface area contributed by atoms with Crippen LogP contribution in [0.2, 0.25) is 0 Å². The second-order valence-corrected chi connectivity index (χ2v) is 6.03. The molecule has 0 spiro atoms. The first kappa shape index (κ1) is 17.6. The highest BCUT2D eigenvalue weighted by molar-refractivity contribution is 5.71. The number of methoxy groups -OCH3 is 3. The van der Waals surface area contributed by atoms with Gasteiger partial charge in [0, 0.05) is 19.1 Å². The number of ether oxygens (including phenoxy) is 3. The summed E-state index contributed by atoms with van der Waals surface area (Å²) in [6, 6.07) is 6.05. The van der Waals surface area contributed by atoms with Crippen molar-refractivity contribution >= 4 is 5.97 Å². The number of rotatable bonds is 6. The van der Waals surface area contributed by atoms with Gasteiger partial charge in [0.25, 0.3) is 0 Å².